The number of benzene rings is 1. The number of halogens is 1. The van der Waals surface area contributed by atoms with Crippen LogP contribution in [0.1, 0.15) is 5.56 Å². The van der Waals surface area contributed by atoms with Crippen molar-refractivity contribution in [1.29, 1.82) is 0 Å². The Morgan fingerprint density at radius 2 is 2.13 bits per heavy atom. The molecule has 0 aromatic heterocycles. The fourth-order valence-corrected chi connectivity index (χ4v) is 1.40. The summed E-state index contributed by atoms with van der Waals surface area (Å²) in [5.74, 6) is 0. The van der Waals surface area contributed by atoms with Crippen LogP contribution in [-0.4, -0.2) is 11.7 Å². The molecule has 0 aliphatic rings. The van der Waals surface area contributed by atoms with Crippen molar-refractivity contribution in [3.8, 4) is 0 Å². The van der Waals surface area contributed by atoms with Crippen LogP contribution in [0.4, 0.5) is 0 Å². The van der Waals surface area contributed by atoms with Gasteiger partial charge in [0.2, 0.25) is 0 Å². The summed E-state index contributed by atoms with van der Waals surface area (Å²) >= 11 is 11.0. The summed E-state index contributed by atoms with van der Waals surface area (Å²) in [6.07, 6.45) is 1.75. The minimum Gasteiger partial charge on any atom is -0.359 e. The smallest absolute Gasteiger partial charge is 0.166 e. The van der Waals surface area contributed by atoms with E-state index < -0.39 is 0 Å². The maximum absolute atomic E-state index is 5.99. The van der Waals surface area contributed by atoms with E-state index in [-0.39, 0.29) is 0 Å². The van der Waals surface area contributed by atoms with Crippen LogP contribution in [-0.2, 0) is 6.54 Å². The Balaban J connectivity index is 2.40. The Bertz CT molecular complexity index is 352. The van der Waals surface area contributed by atoms with Crippen LogP contribution in [0.15, 0.2) is 36.9 Å². The van der Waals surface area contributed by atoms with Crippen LogP contribution >= 0.6 is 23.8 Å². The normalized spacial score (nSPS) is 9.40. The molecule has 0 spiro atoms. The van der Waals surface area contributed by atoms with E-state index in [2.05, 4.69) is 17.2 Å². The molecule has 0 amide bonds. The molecule has 1 rings (SSSR count). The Labute approximate surface area is 100 Å². The summed E-state index contributed by atoms with van der Waals surface area (Å²) in [6.45, 7) is 4.88. The molecule has 2 nitrogen and oxygen atoms in total. The Morgan fingerprint density at radius 1 is 1.40 bits per heavy atom. The van der Waals surface area contributed by atoms with Gasteiger partial charge in [0.25, 0.3) is 0 Å². The molecule has 4 heteroatoms. The van der Waals surface area contributed by atoms with Crippen molar-refractivity contribution in [1.82, 2.24) is 10.6 Å². The summed E-state index contributed by atoms with van der Waals surface area (Å²) in [7, 11) is 0. The monoisotopic (exact) mass is 240 g/mol. The van der Waals surface area contributed by atoms with Crippen molar-refractivity contribution in [2.75, 3.05) is 6.54 Å². The molecule has 80 valence electrons. The van der Waals surface area contributed by atoms with E-state index >= 15 is 0 Å². The van der Waals surface area contributed by atoms with Gasteiger partial charge in [0.05, 0.1) is 0 Å². The first kappa shape index (κ1) is 12.0. The Hall–Kier alpha value is -1.06. The number of hydrogen-bond acceptors (Lipinski definition) is 1. The molecule has 0 aliphatic carbocycles. The van der Waals surface area contributed by atoms with Gasteiger partial charge in [0.1, 0.15) is 0 Å². The summed E-state index contributed by atoms with van der Waals surface area (Å²) in [6, 6.07) is 7.67. The molecule has 1 aromatic rings. The quantitative estimate of drug-likeness (QED) is 0.625. The van der Waals surface area contributed by atoms with Crippen molar-refractivity contribution >= 4 is 28.9 Å². The third-order valence-electron chi connectivity index (χ3n) is 1.80. The molecule has 1 aromatic carbocycles. The van der Waals surface area contributed by atoms with E-state index in [1.165, 1.54) is 0 Å². The second kappa shape index (κ2) is 6.43. The second-order valence-electron chi connectivity index (χ2n) is 2.94. The maximum Gasteiger partial charge on any atom is 0.166 e. The standard InChI is InChI=1S/C11H13ClN2S/c1-2-7-13-11(15)14-8-9-5-3-4-6-10(9)12/h2-6H,1,7-8H2,(H2,13,14,15). The van der Waals surface area contributed by atoms with Crippen molar-refractivity contribution in [3.63, 3.8) is 0 Å². The van der Waals surface area contributed by atoms with E-state index in [0.717, 1.165) is 10.6 Å². The van der Waals surface area contributed by atoms with Gasteiger partial charge in [-0.25, -0.2) is 0 Å². The molecule has 0 unspecified atom stereocenters. The summed E-state index contributed by atoms with van der Waals surface area (Å²) in [5.41, 5.74) is 1.03. The molecule has 0 saturated heterocycles. The lowest BCUT2D eigenvalue weighted by atomic mass is 10.2. The average molecular weight is 241 g/mol. The molecular formula is C11H13ClN2S. The summed E-state index contributed by atoms with van der Waals surface area (Å²) in [4.78, 5) is 0. The van der Waals surface area contributed by atoms with E-state index in [9.17, 15) is 0 Å². The molecule has 2 N–H and O–H groups in total. The number of rotatable bonds is 4. The minimum atomic E-state index is 0.606. The Kier molecular flexibility index (Phi) is 5.15. The average Bonchev–Trinajstić information content (AvgIpc) is 2.25. The van der Waals surface area contributed by atoms with Crippen LogP contribution in [0.3, 0.4) is 0 Å². The molecule has 0 fully saturated rings. The molecule has 0 heterocycles. The fraction of sp³-hybridized carbons (Fsp3) is 0.182. The zero-order valence-electron chi connectivity index (χ0n) is 8.29. The van der Waals surface area contributed by atoms with E-state index in [1.807, 2.05) is 24.3 Å². The van der Waals surface area contributed by atoms with Gasteiger partial charge in [0, 0.05) is 18.1 Å². The van der Waals surface area contributed by atoms with Crippen LogP contribution in [0.5, 0.6) is 0 Å². The molecular weight excluding hydrogens is 228 g/mol. The van der Waals surface area contributed by atoms with Gasteiger partial charge in [-0.2, -0.15) is 0 Å². The first-order valence-corrected chi connectivity index (χ1v) is 5.38. The first-order chi connectivity index (χ1) is 7.24. The highest BCUT2D eigenvalue weighted by molar-refractivity contribution is 7.80. The summed E-state index contributed by atoms with van der Waals surface area (Å²) < 4.78 is 0. The third-order valence-corrected chi connectivity index (χ3v) is 2.46. The molecule has 0 bridgehead atoms. The van der Waals surface area contributed by atoms with E-state index in [1.54, 1.807) is 6.08 Å². The zero-order valence-corrected chi connectivity index (χ0v) is 9.87. The van der Waals surface area contributed by atoms with Crippen LogP contribution in [0, 0.1) is 0 Å². The van der Waals surface area contributed by atoms with Gasteiger partial charge in [-0.3, -0.25) is 0 Å². The van der Waals surface area contributed by atoms with Crippen LogP contribution < -0.4 is 10.6 Å². The van der Waals surface area contributed by atoms with Gasteiger partial charge >= 0.3 is 0 Å². The van der Waals surface area contributed by atoms with Crippen LogP contribution in [0.2, 0.25) is 5.02 Å². The molecule has 0 aliphatic heterocycles. The predicted octanol–water partition coefficient (Wildman–Crippen LogP) is 2.49. The lowest BCUT2D eigenvalue weighted by molar-refractivity contribution is 0.873. The van der Waals surface area contributed by atoms with E-state index in [0.29, 0.717) is 18.2 Å². The van der Waals surface area contributed by atoms with Gasteiger partial charge in [-0.05, 0) is 23.8 Å². The SMILES string of the molecule is C=CCNC(=S)NCc1ccccc1Cl. The number of nitrogens with one attached hydrogen (secondary N) is 2. The van der Waals surface area contributed by atoms with Crippen molar-refractivity contribution in [2.45, 2.75) is 6.54 Å². The first-order valence-electron chi connectivity index (χ1n) is 4.60. The highest BCUT2D eigenvalue weighted by Crippen LogP contribution is 2.13. The van der Waals surface area contributed by atoms with Gasteiger partial charge in [-0.1, -0.05) is 35.9 Å². The lowest BCUT2D eigenvalue weighted by Gasteiger charge is -2.09. The number of hydrogen-bond donors (Lipinski definition) is 2. The molecule has 0 atom stereocenters. The van der Waals surface area contributed by atoms with Crippen molar-refractivity contribution < 1.29 is 0 Å². The zero-order chi connectivity index (χ0) is 11.1. The van der Waals surface area contributed by atoms with Crippen molar-refractivity contribution in [3.05, 3.63) is 47.5 Å². The maximum atomic E-state index is 5.99. The van der Waals surface area contributed by atoms with Crippen LogP contribution in [0.25, 0.3) is 0 Å². The fourth-order valence-electron chi connectivity index (χ4n) is 1.04. The Morgan fingerprint density at radius 3 is 2.80 bits per heavy atom. The van der Waals surface area contributed by atoms with Gasteiger partial charge < -0.3 is 10.6 Å². The van der Waals surface area contributed by atoms with E-state index in [4.69, 9.17) is 23.8 Å². The number of thiocarbonyl (C=S) groups is 1. The second-order valence-corrected chi connectivity index (χ2v) is 3.76. The highest BCUT2D eigenvalue weighted by atomic mass is 35.5. The topological polar surface area (TPSA) is 24.1 Å². The molecule has 0 saturated carbocycles. The summed E-state index contributed by atoms with van der Waals surface area (Å²) in [5, 5.41) is 7.40. The van der Waals surface area contributed by atoms with Gasteiger partial charge in [0.15, 0.2) is 5.11 Å². The molecule has 0 radical (unpaired) electrons. The highest BCUT2D eigenvalue weighted by Gasteiger charge is 1.99. The third kappa shape index (κ3) is 4.32. The largest absolute Gasteiger partial charge is 0.359 e. The predicted molar refractivity (Wildman–Crippen MR) is 69.1 cm³/mol. The van der Waals surface area contributed by atoms with Gasteiger partial charge in [-0.15, -0.1) is 6.58 Å². The molecule has 15 heavy (non-hydrogen) atoms. The van der Waals surface area contributed by atoms with Crippen molar-refractivity contribution in [2.24, 2.45) is 0 Å². The minimum absolute atomic E-state index is 0.606. The lowest BCUT2D eigenvalue weighted by Crippen LogP contribution is -2.34.